The summed E-state index contributed by atoms with van der Waals surface area (Å²) in [6.45, 7) is 4.66. The van der Waals surface area contributed by atoms with E-state index < -0.39 is 0 Å². The Labute approximate surface area is 67.2 Å². The third-order valence-corrected chi connectivity index (χ3v) is 1.94. The fourth-order valence-electron chi connectivity index (χ4n) is 0.669. The van der Waals surface area contributed by atoms with E-state index >= 15 is 0 Å². The molecule has 0 aliphatic heterocycles. The lowest BCUT2D eigenvalue weighted by Crippen LogP contribution is -2.26. The average Bonchev–Trinajstić information content (AvgIpc) is 1.98. The van der Waals surface area contributed by atoms with Crippen molar-refractivity contribution in [3.63, 3.8) is 0 Å². The molecule has 0 unspecified atom stereocenters. The fourth-order valence-corrected chi connectivity index (χ4v) is 1.11. The van der Waals surface area contributed by atoms with Gasteiger partial charge in [-0.15, -0.1) is 0 Å². The minimum Gasteiger partial charge on any atom is -0.290 e. The maximum atomic E-state index is 8.37. The molecule has 0 fully saturated rings. The summed E-state index contributed by atoms with van der Waals surface area (Å²) in [7, 11) is 0. The molecule has 0 saturated carbocycles. The molecule has 0 aromatic heterocycles. The summed E-state index contributed by atoms with van der Waals surface area (Å²) in [5.74, 6) is 1.12. The topological polar surface area (TPSA) is 27.0 Å². The average molecular weight is 158 g/mol. The van der Waals surface area contributed by atoms with Gasteiger partial charge in [0.05, 0.1) is 12.6 Å². The van der Waals surface area contributed by atoms with Gasteiger partial charge in [-0.05, 0) is 12.8 Å². The molecular formula is C7H14N2S. The molecule has 0 aromatic rings. The molecule has 0 radical (unpaired) electrons. The quantitative estimate of drug-likeness (QED) is 0.562. The minimum absolute atomic E-state index is 0.567. The molecular weight excluding hydrogens is 144 g/mol. The molecule has 0 N–H and O–H groups in total. The lowest BCUT2D eigenvalue weighted by atomic mass is 10.5. The van der Waals surface area contributed by atoms with Crippen molar-refractivity contribution < 1.29 is 0 Å². The van der Waals surface area contributed by atoms with Crippen LogP contribution in [-0.2, 0) is 0 Å². The highest BCUT2D eigenvalue weighted by molar-refractivity contribution is 7.98. The third-order valence-electron chi connectivity index (χ3n) is 1.35. The molecule has 0 atom stereocenters. The molecule has 3 heteroatoms. The van der Waals surface area contributed by atoms with Gasteiger partial charge < -0.3 is 0 Å². The normalized spacial score (nSPS) is 9.80. The zero-order chi connectivity index (χ0) is 7.82. The van der Waals surface area contributed by atoms with Crippen LogP contribution in [0.4, 0.5) is 0 Å². The first-order valence-corrected chi connectivity index (χ1v) is 4.82. The molecule has 0 saturated heterocycles. The summed E-state index contributed by atoms with van der Waals surface area (Å²) in [5.41, 5.74) is 0. The van der Waals surface area contributed by atoms with Crippen molar-refractivity contribution in [2.45, 2.75) is 6.92 Å². The van der Waals surface area contributed by atoms with Gasteiger partial charge in [-0.2, -0.15) is 17.0 Å². The van der Waals surface area contributed by atoms with E-state index in [2.05, 4.69) is 24.1 Å². The van der Waals surface area contributed by atoms with Crippen LogP contribution in [0.2, 0.25) is 0 Å². The van der Waals surface area contributed by atoms with Crippen LogP contribution in [0.25, 0.3) is 0 Å². The van der Waals surface area contributed by atoms with Crippen molar-refractivity contribution in [3.05, 3.63) is 0 Å². The highest BCUT2D eigenvalue weighted by Crippen LogP contribution is 1.94. The van der Waals surface area contributed by atoms with E-state index in [1.54, 1.807) is 0 Å². The lowest BCUT2D eigenvalue weighted by Gasteiger charge is -2.14. The van der Waals surface area contributed by atoms with E-state index in [1.807, 2.05) is 11.8 Å². The number of hydrogen-bond acceptors (Lipinski definition) is 3. The second-order valence-electron chi connectivity index (χ2n) is 2.02. The zero-order valence-electron chi connectivity index (χ0n) is 6.63. The molecule has 10 heavy (non-hydrogen) atoms. The molecule has 0 bridgehead atoms. The highest BCUT2D eigenvalue weighted by Gasteiger charge is 1.97. The summed E-state index contributed by atoms with van der Waals surface area (Å²) in [6.07, 6.45) is 2.08. The molecule has 0 aliphatic carbocycles. The summed E-state index contributed by atoms with van der Waals surface area (Å²) >= 11 is 1.82. The molecule has 0 amide bonds. The Balaban J connectivity index is 3.32. The van der Waals surface area contributed by atoms with Crippen molar-refractivity contribution >= 4 is 11.8 Å². The monoisotopic (exact) mass is 158 g/mol. The van der Waals surface area contributed by atoms with Gasteiger partial charge in [0.2, 0.25) is 0 Å². The molecule has 0 heterocycles. The summed E-state index contributed by atoms with van der Waals surface area (Å²) in [6, 6.07) is 2.14. The summed E-state index contributed by atoms with van der Waals surface area (Å²) in [4.78, 5) is 2.14. The first kappa shape index (κ1) is 9.80. The number of rotatable bonds is 5. The molecule has 0 aliphatic rings. The van der Waals surface area contributed by atoms with Gasteiger partial charge in [-0.1, -0.05) is 6.92 Å². The lowest BCUT2D eigenvalue weighted by molar-refractivity contribution is 0.344. The molecule has 0 aromatic carbocycles. The third kappa shape index (κ3) is 4.66. The maximum Gasteiger partial charge on any atom is 0.0866 e. The van der Waals surface area contributed by atoms with Gasteiger partial charge in [0, 0.05) is 12.3 Å². The van der Waals surface area contributed by atoms with E-state index in [0.29, 0.717) is 6.54 Å². The number of hydrogen-bond donors (Lipinski definition) is 0. The van der Waals surface area contributed by atoms with Crippen LogP contribution in [0.5, 0.6) is 0 Å². The zero-order valence-corrected chi connectivity index (χ0v) is 7.45. The predicted octanol–water partition coefficient (Wildman–Crippen LogP) is 1.19. The highest BCUT2D eigenvalue weighted by atomic mass is 32.2. The maximum absolute atomic E-state index is 8.37. The predicted molar refractivity (Wildman–Crippen MR) is 46.1 cm³/mol. The van der Waals surface area contributed by atoms with Gasteiger partial charge in [-0.3, -0.25) is 4.90 Å². The fraction of sp³-hybridized carbons (Fsp3) is 0.857. The van der Waals surface area contributed by atoms with E-state index in [9.17, 15) is 0 Å². The van der Waals surface area contributed by atoms with Gasteiger partial charge in [-0.25, -0.2) is 0 Å². The van der Waals surface area contributed by atoms with Crippen molar-refractivity contribution in [3.8, 4) is 6.07 Å². The Kier molecular flexibility index (Phi) is 6.78. The van der Waals surface area contributed by atoms with E-state index in [1.165, 1.54) is 0 Å². The van der Waals surface area contributed by atoms with Crippen molar-refractivity contribution in [2.24, 2.45) is 0 Å². The van der Waals surface area contributed by atoms with E-state index in [4.69, 9.17) is 5.26 Å². The van der Waals surface area contributed by atoms with Crippen LogP contribution in [0.1, 0.15) is 6.92 Å². The smallest absolute Gasteiger partial charge is 0.0866 e. The Morgan fingerprint density at radius 2 is 2.30 bits per heavy atom. The van der Waals surface area contributed by atoms with Crippen LogP contribution >= 0.6 is 11.8 Å². The first-order valence-electron chi connectivity index (χ1n) is 3.43. The number of thioether (sulfide) groups is 1. The number of nitrogens with zero attached hydrogens (tertiary/aromatic N) is 2. The van der Waals surface area contributed by atoms with Gasteiger partial charge in [0.1, 0.15) is 0 Å². The summed E-state index contributed by atoms with van der Waals surface area (Å²) in [5, 5.41) is 8.37. The van der Waals surface area contributed by atoms with Crippen molar-refractivity contribution in [1.82, 2.24) is 4.90 Å². The Morgan fingerprint density at radius 1 is 1.60 bits per heavy atom. The standard InChI is InChI=1S/C7H14N2S/c1-3-9(5-4-8)6-7-10-2/h3,5-7H2,1-2H3. The SMILES string of the molecule is CCN(CC#N)CCSC. The van der Waals surface area contributed by atoms with Gasteiger partial charge >= 0.3 is 0 Å². The second-order valence-corrected chi connectivity index (χ2v) is 3.01. The van der Waals surface area contributed by atoms with E-state index in [-0.39, 0.29) is 0 Å². The van der Waals surface area contributed by atoms with Crippen LogP contribution < -0.4 is 0 Å². The molecule has 0 spiro atoms. The Bertz CT molecular complexity index is 109. The van der Waals surface area contributed by atoms with Gasteiger partial charge in [0.25, 0.3) is 0 Å². The Morgan fingerprint density at radius 3 is 2.70 bits per heavy atom. The van der Waals surface area contributed by atoms with Crippen molar-refractivity contribution in [2.75, 3.05) is 31.6 Å². The van der Waals surface area contributed by atoms with Crippen LogP contribution in [0.3, 0.4) is 0 Å². The second kappa shape index (κ2) is 6.91. The van der Waals surface area contributed by atoms with Gasteiger partial charge in [0.15, 0.2) is 0 Å². The summed E-state index contributed by atoms with van der Waals surface area (Å²) < 4.78 is 0. The van der Waals surface area contributed by atoms with Crippen LogP contribution in [0, 0.1) is 11.3 Å². The molecule has 58 valence electrons. The largest absolute Gasteiger partial charge is 0.290 e. The first-order chi connectivity index (χ1) is 4.85. The minimum atomic E-state index is 0.567. The Hall–Kier alpha value is -0.200. The molecule has 2 nitrogen and oxygen atoms in total. The molecule has 0 rings (SSSR count). The number of nitriles is 1. The van der Waals surface area contributed by atoms with Crippen LogP contribution in [-0.4, -0.2) is 36.5 Å². The van der Waals surface area contributed by atoms with Crippen LogP contribution in [0.15, 0.2) is 0 Å². The van der Waals surface area contributed by atoms with Crippen molar-refractivity contribution in [1.29, 1.82) is 5.26 Å². The van der Waals surface area contributed by atoms with E-state index in [0.717, 1.165) is 18.8 Å².